The van der Waals surface area contributed by atoms with E-state index in [2.05, 4.69) is 6.58 Å². The summed E-state index contributed by atoms with van der Waals surface area (Å²) in [6.07, 6.45) is 1.26. The predicted octanol–water partition coefficient (Wildman–Crippen LogP) is 1.74. The van der Waals surface area contributed by atoms with Crippen LogP contribution in [0, 0.1) is 5.82 Å². The Morgan fingerprint density at radius 2 is 2.16 bits per heavy atom. The maximum Gasteiger partial charge on any atom is 0.318 e. The van der Waals surface area contributed by atoms with Crippen molar-refractivity contribution in [1.82, 2.24) is 4.31 Å². The van der Waals surface area contributed by atoms with Crippen LogP contribution < -0.4 is 0 Å². The molecular weight excluding hydrogens is 297 g/mol. The summed E-state index contributed by atoms with van der Waals surface area (Å²) in [6, 6.07) is 2.86. The fraction of sp³-hybridized carbons (Fsp3) is 0.182. The lowest BCUT2D eigenvalue weighted by molar-refractivity contribution is -0.137. The minimum absolute atomic E-state index is 0.177. The van der Waals surface area contributed by atoms with Crippen LogP contribution in [0.3, 0.4) is 0 Å². The van der Waals surface area contributed by atoms with E-state index in [-0.39, 0.29) is 16.5 Å². The van der Waals surface area contributed by atoms with Gasteiger partial charge in [-0.2, -0.15) is 4.31 Å². The highest BCUT2D eigenvalue weighted by atomic mass is 35.5. The van der Waals surface area contributed by atoms with E-state index in [9.17, 15) is 17.6 Å². The van der Waals surface area contributed by atoms with E-state index >= 15 is 0 Å². The Morgan fingerprint density at radius 3 is 2.63 bits per heavy atom. The highest BCUT2D eigenvalue weighted by Crippen LogP contribution is 2.22. The number of hydrogen-bond donors (Lipinski definition) is 1. The van der Waals surface area contributed by atoms with E-state index in [0.717, 1.165) is 18.2 Å². The van der Waals surface area contributed by atoms with Crippen LogP contribution in [-0.2, 0) is 14.8 Å². The molecule has 0 atom stereocenters. The zero-order valence-corrected chi connectivity index (χ0v) is 11.3. The Morgan fingerprint density at radius 1 is 1.53 bits per heavy atom. The number of aliphatic carboxylic acids is 1. The third kappa shape index (κ3) is 3.76. The number of carboxylic acids is 1. The molecule has 1 rings (SSSR count). The van der Waals surface area contributed by atoms with Gasteiger partial charge >= 0.3 is 5.97 Å². The third-order valence-electron chi connectivity index (χ3n) is 2.17. The standard InChI is InChI=1S/C11H11ClFNO4S/c1-2-5-14(7-11(15)16)19(17,18)8-3-4-10(13)9(12)6-8/h2-4,6H,1,5,7H2,(H,15,16). The molecule has 1 N–H and O–H groups in total. The van der Waals surface area contributed by atoms with E-state index in [0.29, 0.717) is 4.31 Å². The fourth-order valence-electron chi connectivity index (χ4n) is 1.33. The lowest BCUT2D eigenvalue weighted by Gasteiger charge is -2.18. The van der Waals surface area contributed by atoms with Crippen molar-refractivity contribution in [3.63, 3.8) is 0 Å². The van der Waals surface area contributed by atoms with Crippen molar-refractivity contribution < 1.29 is 22.7 Å². The van der Waals surface area contributed by atoms with Gasteiger partial charge in [0.05, 0.1) is 9.92 Å². The summed E-state index contributed by atoms with van der Waals surface area (Å²) in [4.78, 5) is 10.4. The van der Waals surface area contributed by atoms with Crippen molar-refractivity contribution in [2.24, 2.45) is 0 Å². The van der Waals surface area contributed by atoms with E-state index in [4.69, 9.17) is 16.7 Å². The maximum absolute atomic E-state index is 13.0. The second kappa shape index (κ2) is 6.14. The fourth-order valence-corrected chi connectivity index (χ4v) is 2.96. The molecule has 1 aromatic carbocycles. The van der Waals surface area contributed by atoms with Crippen LogP contribution in [0.1, 0.15) is 0 Å². The summed E-state index contributed by atoms with van der Waals surface area (Å²) in [5.74, 6) is -2.06. The van der Waals surface area contributed by atoms with Gasteiger partial charge in [-0.1, -0.05) is 17.7 Å². The van der Waals surface area contributed by atoms with Crippen LogP contribution in [0.15, 0.2) is 35.7 Å². The average molecular weight is 308 g/mol. The van der Waals surface area contributed by atoms with Gasteiger partial charge in [-0.3, -0.25) is 4.79 Å². The van der Waals surface area contributed by atoms with Gasteiger partial charge in [0.15, 0.2) is 0 Å². The summed E-state index contributed by atoms with van der Waals surface area (Å²) in [5, 5.41) is 8.34. The lowest BCUT2D eigenvalue weighted by Crippen LogP contribution is -2.35. The van der Waals surface area contributed by atoms with Gasteiger partial charge in [-0.05, 0) is 18.2 Å². The molecule has 0 bridgehead atoms. The lowest BCUT2D eigenvalue weighted by atomic mass is 10.3. The van der Waals surface area contributed by atoms with E-state index in [1.165, 1.54) is 6.08 Å². The van der Waals surface area contributed by atoms with Crippen molar-refractivity contribution in [1.29, 1.82) is 0 Å². The summed E-state index contributed by atoms with van der Waals surface area (Å²) in [6.45, 7) is 2.47. The summed E-state index contributed by atoms with van der Waals surface area (Å²) < 4.78 is 38.0. The van der Waals surface area contributed by atoms with Crippen molar-refractivity contribution >= 4 is 27.6 Å². The monoisotopic (exact) mass is 307 g/mol. The summed E-state index contributed by atoms with van der Waals surface area (Å²) >= 11 is 5.51. The van der Waals surface area contributed by atoms with Gasteiger partial charge in [-0.15, -0.1) is 6.58 Å². The van der Waals surface area contributed by atoms with Gasteiger partial charge in [0, 0.05) is 6.54 Å². The van der Waals surface area contributed by atoms with Gasteiger partial charge in [-0.25, -0.2) is 12.8 Å². The van der Waals surface area contributed by atoms with E-state index in [1.807, 2.05) is 0 Å². The molecule has 19 heavy (non-hydrogen) atoms. The molecule has 0 fully saturated rings. The molecule has 0 saturated carbocycles. The zero-order chi connectivity index (χ0) is 14.6. The van der Waals surface area contributed by atoms with E-state index in [1.54, 1.807) is 0 Å². The number of halogens is 2. The van der Waals surface area contributed by atoms with Crippen LogP contribution in [-0.4, -0.2) is 36.9 Å². The van der Waals surface area contributed by atoms with Crippen molar-refractivity contribution in [2.45, 2.75) is 4.90 Å². The van der Waals surface area contributed by atoms with E-state index < -0.39 is 28.4 Å². The zero-order valence-electron chi connectivity index (χ0n) is 9.71. The number of benzene rings is 1. The molecule has 0 saturated heterocycles. The first-order chi connectivity index (χ1) is 8.78. The molecule has 0 spiro atoms. The number of carboxylic acid groups (broad SMARTS) is 1. The Balaban J connectivity index is 3.21. The van der Waals surface area contributed by atoms with Crippen LogP contribution in [0.2, 0.25) is 5.02 Å². The average Bonchev–Trinajstić information content (AvgIpc) is 2.31. The second-order valence-electron chi connectivity index (χ2n) is 3.56. The molecule has 0 aliphatic rings. The molecule has 0 heterocycles. The van der Waals surface area contributed by atoms with Crippen LogP contribution in [0.25, 0.3) is 0 Å². The van der Waals surface area contributed by atoms with Gasteiger partial charge < -0.3 is 5.11 Å². The quantitative estimate of drug-likeness (QED) is 0.812. The largest absolute Gasteiger partial charge is 0.480 e. The molecule has 0 aliphatic heterocycles. The SMILES string of the molecule is C=CCN(CC(=O)O)S(=O)(=O)c1ccc(F)c(Cl)c1. The first-order valence-electron chi connectivity index (χ1n) is 5.07. The molecule has 0 radical (unpaired) electrons. The molecule has 0 amide bonds. The third-order valence-corrected chi connectivity index (χ3v) is 4.27. The Bertz CT molecular complexity index is 603. The number of hydrogen-bond acceptors (Lipinski definition) is 3. The topological polar surface area (TPSA) is 74.7 Å². The number of rotatable bonds is 6. The molecular formula is C11H11ClFNO4S. The molecule has 8 heteroatoms. The Labute approximate surface area is 115 Å². The highest BCUT2D eigenvalue weighted by molar-refractivity contribution is 7.89. The first-order valence-corrected chi connectivity index (χ1v) is 6.88. The van der Waals surface area contributed by atoms with Gasteiger partial charge in [0.25, 0.3) is 0 Å². The minimum Gasteiger partial charge on any atom is -0.480 e. The molecule has 5 nitrogen and oxygen atoms in total. The molecule has 104 valence electrons. The number of nitrogens with zero attached hydrogens (tertiary/aromatic N) is 1. The van der Waals surface area contributed by atoms with Gasteiger partial charge in [0.2, 0.25) is 10.0 Å². The van der Waals surface area contributed by atoms with Crippen LogP contribution in [0.4, 0.5) is 4.39 Å². The number of sulfonamides is 1. The highest BCUT2D eigenvalue weighted by Gasteiger charge is 2.26. The molecule has 1 aromatic rings. The molecule has 0 unspecified atom stereocenters. The van der Waals surface area contributed by atoms with Crippen molar-refractivity contribution in [2.75, 3.05) is 13.1 Å². The maximum atomic E-state index is 13.0. The first kappa shape index (κ1) is 15.6. The smallest absolute Gasteiger partial charge is 0.318 e. The van der Waals surface area contributed by atoms with Gasteiger partial charge in [0.1, 0.15) is 12.4 Å². The molecule has 0 aliphatic carbocycles. The predicted molar refractivity (Wildman–Crippen MR) is 68.0 cm³/mol. The summed E-state index contributed by atoms with van der Waals surface area (Å²) in [7, 11) is -4.07. The number of carbonyl (C=O) groups is 1. The van der Waals surface area contributed by atoms with Crippen LogP contribution >= 0.6 is 11.6 Å². The molecule has 0 aromatic heterocycles. The Hall–Kier alpha value is -1.44. The normalized spacial score (nSPS) is 11.5. The van der Waals surface area contributed by atoms with Crippen molar-refractivity contribution in [3.05, 3.63) is 41.7 Å². The van der Waals surface area contributed by atoms with Crippen LogP contribution in [0.5, 0.6) is 0 Å². The second-order valence-corrected chi connectivity index (χ2v) is 5.90. The Kier molecular flexibility index (Phi) is 5.04. The summed E-state index contributed by atoms with van der Waals surface area (Å²) in [5.41, 5.74) is 0. The minimum atomic E-state index is -4.07. The van der Waals surface area contributed by atoms with Crippen molar-refractivity contribution in [3.8, 4) is 0 Å².